The summed E-state index contributed by atoms with van der Waals surface area (Å²) in [6.07, 6.45) is 5.34. The van der Waals surface area contributed by atoms with Crippen LogP contribution in [0.5, 0.6) is 0 Å². The van der Waals surface area contributed by atoms with Gasteiger partial charge in [-0.3, -0.25) is 0 Å². The first-order valence-electron chi connectivity index (χ1n) is 8.06. The van der Waals surface area contributed by atoms with Gasteiger partial charge in [-0.1, -0.05) is 19.4 Å². The first-order valence-corrected chi connectivity index (χ1v) is 8.06. The van der Waals surface area contributed by atoms with Crippen LogP contribution in [-0.2, 0) is 11.2 Å². The predicted molar refractivity (Wildman–Crippen MR) is 83.1 cm³/mol. The van der Waals surface area contributed by atoms with E-state index in [-0.39, 0.29) is 17.5 Å². The van der Waals surface area contributed by atoms with Crippen molar-refractivity contribution in [2.45, 2.75) is 50.7 Å². The number of nitrogens with two attached hydrogens (primary N) is 1. The summed E-state index contributed by atoms with van der Waals surface area (Å²) in [5.74, 6) is -0.162. The standard InChI is InChI=1S/C17H25FN2O/c1-2-3-15-11-17(12-19,7-9-21-15)20-8-6-13-4-5-14(18)10-16(13)20/h4-5,10,15H,2-3,6-9,11-12,19H2,1H3. The zero-order valence-corrected chi connectivity index (χ0v) is 12.8. The van der Waals surface area contributed by atoms with Crippen LogP contribution in [0.3, 0.4) is 0 Å². The van der Waals surface area contributed by atoms with Gasteiger partial charge in [-0.15, -0.1) is 0 Å². The minimum absolute atomic E-state index is 0.0723. The minimum Gasteiger partial charge on any atom is -0.378 e. The maximum absolute atomic E-state index is 13.6. The average molecular weight is 292 g/mol. The van der Waals surface area contributed by atoms with Gasteiger partial charge < -0.3 is 15.4 Å². The molecule has 1 saturated heterocycles. The lowest BCUT2D eigenvalue weighted by molar-refractivity contribution is -0.0223. The third kappa shape index (κ3) is 2.67. The van der Waals surface area contributed by atoms with Crippen LogP contribution in [-0.4, -0.2) is 31.3 Å². The van der Waals surface area contributed by atoms with Gasteiger partial charge in [0.25, 0.3) is 0 Å². The third-order valence-corrected chi connectivity index (χ3v) is 5.03. The SMILES string of the molecule is CCCC1CC(CN)(N2CCc3ccc(F)cc32)CCO1. The van der Waals surface area contributed by atoms with Gasteiger partial charge in [0.1, 0.15) is 5.82 Å². The summed E-state index contributed by atoms with van der Waals surface area (Å²) in [5.41, 5.74) is 8.39. The van der Waals surface area contributed by atoms with Gasteiger partial charge in [-0.25, -0.2) is 4.39 Å². The molecular weight excluding hydrogens is 267 g/mol. The van der Waals surface area contributed by atoms with E-state index in [0.29, 0.717) is 6.54 Å². The van der Waals surface area contributed by atoms with Crippen LogP contribution in [0.2, 0.25) is 0 Å². The van der Waals surface area contributed by atoms with Crippen molar-refractivity contribution in [3.05, 3.63) is 29.6 Å². The highest BCUT2D eigenvalue weighted by atomic mass is 19.1. The highest BCUT2D eigenvalue weighted by molar-refractivity contribution is 5.60. The molecule has 2 N–H and O–H groups in total. The second kappa shape index (κ2) is 5.93. The Labute approximate surface area is 126 Å². The molecule has 0 aliphatic carbocycles. The molecule has 2 atom stereocenters. The molecule has 21 heavy (non-hydrogen) atoms. The van der Waals surface area contributed by atoms with Gasteiger partial charge in [0.15, 0.2) is 0 Å². The normalized spacial score (nSPS) is 28.7. The Balaban J connectivity index is 1.89. The van der Waals surface area contributed by atoms with Crippen LogP contribution in [0.15, 0.2) is 18.2 Å². The molecule has 3 nitrogen and oxygen atoms in total. The maximum Gasteiger partial charge on any atom is 0.125 e. The van der Waals surface area contributed by atoms with Gasteiger partial charge in [0.05, 0.1) is 11.6 Å². The molecule has 0 bridgehead atoms. The number of fused-ring (bicyclic) bond motifs is 1. The number of halogens is 1. The van der Waals surface area contributed by atoms with E-state index in [1.807, 2.05) is 6.07 Å². The number of rotatable bonds is 4. The van der Waals surface area contributed by atoms with E-state index in [0.717, 1.165) is 50.9 Å². The molecule has 0 amide bonds. The number of nitrogens with zero attached hydrogens (tertiary/aromatic N) is 1. The smallest absolute Gasteiger partial charge is 0.125 e. The summed E-state index contributed by atoms with van der Waals surface area (Å²) in [4.78, 5) is 2.36. The lowest BCUT2D eigenvalue weighted by Crippen LogP contribution is -2.58. The molecule has 116 valence electrons. The van der Waals surface area contributed by atoms with Gasteiger partial charge in [0.2, 0.25) is 0 Å². The third-order valence-electron chi connectivity index (χ3n) is 5.03. The number of benzene rings is 1. The Morgan fingerprint density at radius 2 is 2.33 bits per heavy atom. The number of anilines is 1. The molecule has 2 unspecified atom stereocenters. The zero-order valence-electron chi connectivity index (χ0n) is 12.8. The summed E-state index contributed by atoms with van der Waals surface area (Å²) in [6.45, 7) is 4.48. The fourth-order valence-electron chi connectivity index (χ4n) is 3.89. The van der Waals surface area contributed by atoms with E-state index in [4.69, 9.17) is 10.5 Å². The molecule has 2 aliphatic heterocycles. The molecule has 0 aromatic heterocycles. The molecule has 0 saturated carbocycles. The topological polar surface area (TPSA) is 38.5 Å². The number of hydrogen-bond donors (Lipinski definition) is 1. The van der Waals surface area contributed by atoms with Crippen molar-refractivity contribution in [3.63, 3.8) is 0 Å². The molecule has 1 aromatic carbocycles. The van der Waals surface area contributed by atoms with Crippen molar-refractivity contribution >= 4 is 5.69 Å². The quantitative estimate of drug-likeness (QED) is 0.927. The summed E-state index contributed by atoms with van der Waals surface area (Å²) >= 11 is 0. The Hall–Kier alpha value is -1.13. The molecule has 3 rings (SSSR count). The number of ether oxygens (including phenoxy) is 1. The highest BCUT2D eigenvalue weighted by Gasteiger charge is 2.43. The van der Waals surface area contributed by atoms with Crippen molar-refractivity contribution in [1.82, 2.24) is 0 Å². The molecule has 1 aromatic rings. The van der Waals surface area contributed by atoms with Crippen molar-refractivity contribution in [2.75, 3.05) is 24.6 Å². The second-order valence-corrected chi connectivity index (χ2v) is 6.34. The second-order valence-electron chi connectivity index (χ2n) is 6.34. The van der Waals surface area contributed by atoms with E-state index in [1.165, 1.54) is 5.56 Å². The summed E-state index contributed by atoms with van der Waals surface area (Å²) in [5, 5.41) is 0. The molecule has 0 spiro atoms. The van der Waals surface area contributed by atoms with Gasteiger partial charge in [-0.2, -0.15) is 0 Å². The lowest BCUT2D eigenvalue weighted by Gasteiger charge is -2.48. The van der Waals surface area contributed by atoms with Crippen LogP contribution in [0.4, 0.5) is 10.1 Å². The number of hydrogen-bond acceptors (Lipinski definition) is 3. The first-order chi connectivity index (χ1) is 10.2. The van der Waals surface area contributed by atoms with Crippen LogP contribution in [0.1, 0.15) is 38.2 Å². The van der Waals surface area contributed by atoms with Crippen LogP contribution < -0.4 is 10.6 Å². The van der Waals surface area contributed by atoms with Gasteiger partial charge >= 0.3 is 0 Å². The van der Waals surface area contributed by atoms with E-state index < -0.39 is 0 Å². The van der Waals surface area contributed by atoms with E-state index in [2.05, 4.69) is 11.8 Å². The Bertz CT molecular complexity index is 506. The van der Waals surface area contributed by atoms with Gasteiger partial charge in [0, 0.05) is 25.4 Å². The lowest BCUT2D eigenvalue weighted by atomic mass is 9.83. The van der Waals surface area contributed by atoms with Crippen LogP contribution >= 0.6 is 0 Å². The first kappa shape index (κ1) is 14.8. The summed E-state index contributed by atoms with van der Waals surface area (Å²) < 4.78 is 19.5. The minimum atomic E-state index is -0.162. The van der Waals surface area contributed by atoms with Crippen molar-refractivity contribution in [3.8, 4) is 0 Å². The van der Waals surface area contributed by atoms with E-state index in [9.17, 15) is 4.39 Å². The molecule has 1 fully saturated rings. The fraction of sp³-hybridized carbons (Fsp3) is 0.647. The van der Waals surface area contributed by atoms with Crippen LogP contribution in [0, 0.1) is 5.82 Å². The maximum atomic E-state index is 13.6. The molecule has 0 radical (unpaired) electrons. The average Bonchev–Trinajstić information content (AvgIpc) is 2.91. The highest BCUT2D eigenvalue weighted by Crippen LogP contribution is 2.40. The Morgan fingerprint density at radius 1 is 1.48 bits per heavy atom. The van der Waals surface area contributed by atoms with Crippen molar-refractivity contribution < 1.29 is 9.13 Å². The monoisotopic (exact) mass is 292 g/mol. The molecule has 2 heterocycles. The van der Waals surface area contributed by atoms with E-state index >= 15 is 0 Å². The van der Waals surface area contributed by atoms with Crippen molar-refractivity contribution in [1.29, 1.82) is 0 Å². The van der Waals surface area contributed by atoms with Crippen LogP contribution in [0.25, 0.3) is 0 Å². The molecule has 2 aliphatic rings. The molecule has 4 heteroatoms. The Morgan fingerprint density at radius 3 is 3.10 bits per heavy atom. The predicted octanol–water partition coefficient (Wildman–Crippen LogP) is 2.86. The van der Waals surface area contributed by atoms with E-state index in [1.54, 1.807) is 12.1 Å². The van der Waals surface area contributed by atoms with Crippen molar-refractivity contribution in [2.24, 2.45) is 5.73 Å². The largest absolute Gasteiger partial charge is 0.378 e. The summed E-state index contributed by atoms with van der Waals surface area (Å²) in [6, 6.07) is 5.14. The summed E-state index contributed by atoms with van der Waals surface area (Å²) in [7, 11) is 0. The zero-order chi connectivity index (χ0) is 14.9. The molecular formula is C17H25FN2O. The van der Waals surface area contributed by atoms with Gasteiger partial charge in [-0.05, 0) is 43.4 Å². The Kier molecular flexibility index (Phi) is 4.18. The fourth-order valence-corrected chi connectivity index (χ4v) is 3.89.